The molecule has 3 nitrogen and oxygen atoms in total. The van der Waals surface area contributed by atoms with Crippen LogP contribution in [0.5, 0.6) is 0 Å². The third kappa shape index (κ3) is 2.64. The summed E-state index contributed by atoms with van der Waals surface area (Å²) in [6, 6.07) is 4.70. The van der Waals surface area contributed by atoms with Gasteiger partial charge in [0.25, 0.3) is 5.91 Å². The van der Waals surface area contributed by atoms with E-state index in [-0.39, 0.29) is 17.8 Å². The van der Waals surface area contributed by atoms with Gasteiger partial charge in [-0.25, -0.2) is 4.39 Å². The van der Waals surface area contributed by atoms with Crippen LogP contribution in [0.2, 0.25) is 0 Å². The molecule has 1 fully saturated rings. The lowest BCUT2D eigenvalue weighted by Gasteiger charge is -2.16. The monoisotopic (exact) mass is 236 g/mol. The molecular weight excluding hydrogens is 219 g/mol. The van der Waals surface area contributed by atoms with Gasteiger partial charge in [0.1, 0.15) is 5.82 Å². The predicted molar refractivity (Wildman–Crippen MR) is 64.4 cm³/mol. The molecule has 1 aromatic rings. The van der Waals surface area contributed by atoms with Crippen molar-refractivity contribution in [1.82, 2.24) is 10.6 Å². The Morgan fingerprint density at radius 3 is 2.82 bits per heavy atom. The van der Waals surface area contributed by atoms with Crippen LogP contribution in [0, 0.1) is 18.7 Å². The number of aryl methyl sites for hydroxylation is 1. The minimum Gasteiger partial charge on any atom is -0.348 e. The van der Waals surface area contributed by atoms with E-state index in [0.29, 0.717) is 17.0 Å². The maximum atomic E-state index is 13.3. The lowest BCUT2D eigenvalue weighted by atomic mass is 10.1. The molecule has 1 aromatic carbocycles. The number of hydrogen-bond acceptors (Lipinski definition) is 2. The number of rotatable bonds is 2. The van der Waals surface area contributed by atoms with E-state index in [1.807, 2.05) is 0 Å². The molecule has 1 aliphatic heterocycles. The number of nitrogens with one attached hydrogen (secondary N) is 2. The molecule has 0 bridgehead atoms. The van der Waals surface area contributed by atoms with Gasteiger partial charge in [-0.3, -0.25) is 4.79 Å². The first-order valence-corrected chi connectivity index (χ1v) is 5.85. The van der Waals surface area contributed by atoms with Crippen LogP contribution in [-0.2, 0) is 0 Å². The van der Waals surface area contributed by atoms with Crippen LogP contribution < -0.4 is 10.6 Å². The molecule has 0 spiro atoms. The van der Waals surface area contributed by atoms with Crippen molar-refractivity contribution in [3.63, 3.8) is 0 Å². The van der Waals surface area contributed by atoms with E-state index in [2.05, 4.69) is 17.6 Å². The standard InChI is InChI=1S/C13H17FN2O/c1-8-3-4-10(5-11(8)14)13(17)16-12-7-15-6-9(12)2/h3-5,9,12,15H,6-7H2,1-2H3,(H,16,17). The average Bonchev–Trinajstić information content (AvgIpc) is 2.68. The lowest BCUT2D eigenvalue weighted by molar-refractivity contribution is 0.0932. The highest BCUT2D eigenvalue weighted by molar-refractivity contribution is 5.94. The molecule has 2 rings (SSSR count). The smallest absolute Gasteiger partial charge is 0.251 e. The molecule has 92 valence electrons. The number of hydrogen-bond donors (Lipinski definition) is 2. The van der Waals surface area contributed by atoms with E-state index in [9.17, 15) is 9.18 Å². The Morgan fingerprint density at radius 1 is 1.47 bits per heavy atom. The Bertz CT molecular complexity index is 433. The Balaban J connectivity index is 2.06. The van der Waals surface area contributed by atoms with Crippen LogP contribution in [0.3, 0.4) is 0 Å². The van der Waals surface area contributed by atoms with Crippen molar-refractivity contribution in [3.8, 4) is 0 Å². The molecule has 0 radical (unpaired) electrons. The van der Waals surface area contributed by atoms with E-state index in [0.717, 1.165) is 13.1 Å². The van der Waals surface area contributed by atoms with Crippen molar-refractivity contribution in [1.29, 1.82) is 0 Å². The van der Waals surface area contributed by atoms with Gasteiger partial charge < -0.3 is 10.6 Å². The Labute approximate surface area is 100 Å². The molecule has 4 heteroatoms. The van der Waals surface area contributed by atoms with Crippen LogP contribution in [-0.4, -0.2) is 25.0 Å². The second kappa shape index (κ2) is 4.84. The third-order valence-corrected chi connectivity index (χ3v) is 3.27. The van der Waals surface area contributed by atoms with Crippen LogP contribution in [0.4, 0.5) is 4.39 Å². The normalized spacial score (nSPS) is 23.7. The summed E-state index contributed by atoms with van der Waals surface area (Å²) < 4.78 is 13.3. The number of carbonyl (C=O) groups excluding carboxylic acids is 1. The van der Waals surface area contributed by atoms with E-state index in [1.165, 1.54) is 6.07 Å². The van der Waals surface area contributed by atoms with Gasteiger partial charge in [-0.1, -0.05) is 13.0 Å². The topological polar surface area (TPSA) is 41.1 Å². The fraction of sp³-hybridized carbons (Fsp3) is 0.462. The lowest BCUT2D eigenvalue weighted by Crippen LogP contribution is -2.39. The molecule has 0 saturated carbocycles. The number of benzene rings is 1. The van der Waals surface area contributed by atoms with Gasteiger partial charge in [0.2, 0.25) is 0 Å². The number of carbonyl (C=O) groups is 1. The van der Waals surface area contributed by atoms with Gasteiger partial charge in [0, 0.05) is 18.2 Å². The quantitative estimate of drug-likeness (QED) is 0.816. The highest BCUT2D eigenvalue weighted by Gasteiger charge is 2.24. The minimum absolute atomic E-state index is 0.131. The summed E-state index contributed by atoms with van der Waals surface area (Å²) in [5.74, 6) is -0.131. The Morgan fingerprint density at radius 2 is 2.24 bits per heavy atom. The van der Waals surface area contributed by atoms with Gasteiger partial charge >= 0.3 is 0 Å². The molecule has 1 amide bonds. The summed E-state index contributed by atoms with van der Waals surface area (Å²) in [6.07, 6.45) is 0. The highest BCUT2D eigenvalue weighted by Crippen LogP contribution is 2.11. The molecule has 1 heterocycles. The summed E-state index contributed by atoms with van der Waals surface area (Å²) in [4.78, 5) is 11.9. The number of halogens is 1. The van der Waals surface area contributed by atoms with Crippen LogP contribution in [0.25, 0.3) is 0 Å². The zero-order valence-corrected chi connectivity index (χ0v) is 10.1. The molecule has 0 aromatic heterocycles. The van der Waals surface area contributed by atoms with Gasteiger partial charge in [0.05, 0.1) is 0 Å². The first-order chi connectivity index (χ1) is 8.08. The molecule has 2 N–H and O–H groups in total. The summed E-state index contributed by atoms with van der Waals surface area (Å²) in [6.45, 7) is 5.45. The molecule has 2 atom stereocenters. The second-order valence-electron chi connectivity index (χ2n) is 4.68. The SMILES string of the molecule is Cc1ccc(C(=O)NC2CNCC2C)cc1F. The van der Waals surface area contributed by atoms with Crippen molar-refractivity contribution in [2.75, 3.05) is 13.1 Å². The van der Waals surface area contributed by atoms with E-state index in [1.54, 1.807) is 19.1 Å². The fourth-order valence-corrected chi connectivity index (χ4v) is 1.99. The van der Waals surface area contributed by atoms with Crippen LogP contribution in [0.15, 0.2) is 18.2 Å². The van der Waals surface area contributed by atoms with Crippen molar-refractivity contribution >= 4 is 5.91 Å². The minimum atomic E-state index is -0.338. The summed E-state index contributed by atoms with van der Waals surface area (Å²) >= 11 is 0. The number of amides is 1. The summed E-state index contributed by atoms with van der Waals surface area (Å²) in [5, 5.41) is 6.13. The van der Waals surface area contributed by atoms with Crippen molar-refractivity contribution in [2.24, 2.45) is 5.92 Å². The summed E-state index contributed by atoms with van der Waals surface area (Å²) in [7, 11) is 0. The van der Waals surface area contributed by atoms with Crippen molar-refractivity contribution < 1.29 is 9.18 Å². The fourth-order valence-electron chi connectivity index (χ4n) is 1.99. The maximum absolute atomic E-state index is 13.3. The maximum Gasteiger partial charge on any atom is 0.251 e. The predicted octanol–water partition coefficient (Wildman–Crippen LogP) is 1.47. The highest BCUT2D eigenvalue weighted by atomic mass is 19.1. The van der Waals surface area contributed by atoms with Crippen LogP contribution in [0.1, 0.15) is 22.8 Å². The summed E-state index contributed by atoms with van der Waals surface area (Å²) in [5.41, 5.74) is 0.935. The van der Waals surface area contributed by atoms with E-state index < -0.39 is 0 Å². The molecule has 2 unspecified atom stereocenters. The van der Waals surface area contributed by atoms with Gasteiger partial charge in [-0.05, 0) is 37.1 Å². The first kappa shape index (κ1) is 12.0. The van der Waals surface area contributed by atoms with Crippen LogP contribution >= 0.6 is 0 Å². The van der Waals surface area contributed by atoms with E-state index >= 15 is 0 Å². The Hall–Kier alpha value is -1.42. The molecule has 17 heavy (non-hydrogen) atoms. The Kier molecular flexibility index (Phi) is 3.43. The first-order valence-electron chi connectivity index (χ1n) is 5.85. The molecule has 0 aliphatic carbocycles. The van der Waals surface area contributed by atoms with Gasteiger partial charge in [0.15, 0.2) is 0 Å². The van der Waals surface area contributed by atoms with E-state index in [4.69, 9.17) is 0 Å². The van der Waals surface area contributed by atoms with Crippen molar-refractivity contribution in [3.05, 3.63) is 35.1 Å². The average molecular weight is 236 g/mol. The van der Waals surface area contributed by atoms with Gasteiger partial charge in [-0.2, -0.15) is 0 Å². The molecule has 1 aliphatic rings. The van der Waals surface area contributed by atoms with Gasteiger partial charge in [-0.15, -0.1) is 0 Å². The third-order valence-electron chi connectivity index (χ3n) is 3.27. The molecular formula is C13H17FN2O. The second-order valence-corrected chi connectivity index (χ2v) is 4.68. The molecule has 1 saturated heterocycles. The zero-order valence-electron chi connectivity index (χ0n) is 10.1. The van der Waals surface area contributed by atoms with Crippen molar-refractivity contribution in [2.45, 2.75) is 19.9 Å². The zero-order chi connectivity index (χ0) is 12.4. The largest absolute Gasteiger partial charge is 0.348 e.